The molecular weight excluding hydrogens is 224 g/mol. The number of nitrogens with zero attached hydrogens (tertiary/aromatic N) is 1. The minimum Gasteiger partial charge on any atom is -0.444 e. The van der Waals surface area contributed by atoms with Crippen LogP contribution >= 0.6 is 0 Å². The molecule has 1 saturated heterocycles. The molecule has 0 radical (unpaired) electrons. The van der Waals surface area contributed by atoms with Crippen LogP contribution in [-0.2, 0) is 14.3 Å². The second kappa shape index (κ2) is 4.73. The van der Waals surface area contributed by atoms with Gasteiger partial charge in [0, 0.05) is 6.92 Å². The van der Waals surface area contributed by atoms with E-state index in [9.17, 15) is 14.4 Å². The number of rotatable bonds is 1. The van der Waals surface area contributed by atoms with Gasteiger partial charge >= 0.3 is 6.09 Å². The van der Waals surface area contributed by atoms with Crippen LogP contribution in [-0.4, -0.2) is 47.4 Å². The van der Waals surface area contributed by atoms with E-state index in [1.54, 1.807) is 20.8 Å². The molecule has 1 fully saturated rings. The van der Waals surface area contributed by atoms with Gasteiger partial charge in [-0.15, -0.1) is 0 Å². The van der Waals surface area contributed by atoms with Crippen LogP contribution in [0.3, 0.4) is 0 Å². The van der Waals surface area contributed by atoms with Crippen LogP contribution in [0.4, 0.5) is 4.79 Å². The lowest BCUT2D eigenvalue weighted by molar-refractivity contribution is -0.124. The second-order valence-corrected chi connectivity index (χ2v) is 5.08. The first kappa shape index (κ1) is 13.5. The van der Waals surface area contributed by atoms with Gasteiger partial charge in [0.05, 0.1) is 13.1 Å². The maximum Gasteiger partial charge on any atom is 0.410 e. The number of carbonyl (C=O) groups is 3. The summed E-state index contributed by atoms with van der Waals surface area (Å²) < 4.78 is 5.15. The molecule has 1 heterocycles. The van der Waals surface area contributed by atoms with Gasteiger partial charge in [-0.2, -0.15) is 0 Å². The summed E-state index contributed by atoms with van der Waals surface area (Å²) in [5, 5.41) is 2.50. The van der Waals surface area contributed by atoms with Crippen LogP contribution in [0.1, 0.15) is 27.7 Å². The molecular formula is C11H18N2O4. The van der Waals surface area contributed by atoms with Gasteiger partial charge in [0.2, 0.25) is 5.91 Å². The van der Waals surface area contributed by atoms with E-state index >= 15 is 0 Å². The van der Waals surface area contributed by atoms with Crippen molar-refractivity contribution in [3.05, 3.63) is 0 Å². The van der Waals surface area contributed by atoms with Crippen LogP contribution in [0.2, 0.25) is 0 Å². The predicted molar refractivity (Wildman–Crippen MR) is 60.4 cm³/mol. The molecule has 1 rings (SSSR count). The lowest BCUT2D eigenvalue weighted by Gasteiger charge is -2.23. The molecule has 1 N–H and O–H groups in total. The predicted octanol–water partition coefficient (Wildman–Crippen LogP) is 0.311. The van der Waals surface area contributed by atoms with Crippen LogP contribution < -0.4 is 5.32 Å². The van der Waals surface area contributed by atoms with Gasteiger partial charge in [0.1, 0.15) is 11.6 Å². The summed E-state index contributed by atoms with van der Waals surface area (Å²) in [5.41, 5.74) is -0.591. The molecule has 2 amide bonds. The van der Waals surface area contributed by atoms with E-state index < -0.39 is 17.7 Å². The van der Waals surface area contributed by atoms with Gasteiger partial charge in [-0.3, -0.25) is 14.5 Å². The Kier molecular flexibility index (Phi) is 3.75. The topological polar surface area (TPSA) is 75.7 Å². The molecule has 6 nitrogen and oxygen atoms in total. The Hall–Kier alpha value is -1.59. The zero-order valence-corrected chi connectivity index (χ0v) is 10.6. The van der Waals surface area contributed by atoms with Gasteiger partial charge < -0.3 is 10.1 Å². The Morgan fingerprint density at radius 3 is 2.47 bits per heavy atom. The van der Waals surface area contributed by atoms with Gasteiger partial charge in [0.15, 0.2) is 5.78 Å². The molecule has 0 aliphatic carbocycles. The molecule has 1 aliphatic rings. The largest absolute Gasteiger partial charge is 0.444 e. The van der Waals surface area contributed by atoms with Crippen LogP contribution in [0, 0.1) is 0 Å². The summed E-state index contributed by atoms with van der Waals surface area (Å²) in [6.07, 6.45) is -0.529. The van der Waals surface area contributed by atoms with Gasteiger partial charge in [-0.1, -0.05) is 0 Å². The minimum atomic E-state index is -0.611. The van der Waals surface area contributed by atoms with Crippen molar-refractivity contribution in [3.8, 4) is 0 Å². The van der Waals surface area contributed by atoms with Crippen molar-refractivity contribution < 1.29 is 19.1 Å². The number of Topliss-reactive ketones (excluding diaryl/α,β-unsaturated/α-hetero) is 1. The van der Waals surface area contributed by atoms with Crippen molar-refractivity contribution in [3.63, 3.8) is 0 Å². The molecule has 0 aromatic heterocycles. The number of nitrogens with one attached hydrogen (secondary N) is 1. The maximum absolute atomic E-state index is 11.7. The molecule has 0 saturated carbocycles. The van der Waals surface area contributed by atoms with Crippen molar-refractivity contribution in [1.29, 1.82) is 0 Å². The Morgan fingerprint density at radius 2 is 2.00 bits per heavy atom. The molecule has 1 atom stereocenters. The highest BCUT2D eigenvalue weighted by Crippen LogP contribution is 2.13. The average molecular weight is 242 g/mol. The Labute approximate surface area is 100 Å². The normalized spacial score (nSPS) is 20.4. The lowest BCUT2D eigenvalue weighted by Crippen LogP contribution is -2.40. The number of hydrogen-bond acceptors (Lipinski definition) is 4. The summed E-state index contributed by atoms with van der Waals surface area (Å²) in [4.78, 5) is 35.4. The first-order valence-corrected chi connectivity index (χ1v) is 5.47. The van der Waals surface area contributed by atoms with Crippen LogP contribution in [0.15, 0.2) is 0 Å². The van der Waals surface area contributed by atoms with E-state index in [2.05, 4.69) is 5.32 Å². The van der Waals surface area contributed by atoms with Crippen LogP contribution in [0.25, 0.3) is 0 Å². The first-order chi connectivity index (χ1) is 7.69. The summed E-state index contributed by atoms with van der Waals surface area (Å²) in [6, 6.07) is -0.611. The molecule has 0 spiro atoms. The molecule has 0 bridgehead atoms. The molecule has 0 aromatic rings. The maximum atomic E-state index is 11.7. The molecule has 0 aromatic carbocycles. The smallest absolute Gasteiger partial charge is 0.410 e. The van der Waals surface area contributed by atoms with Crippen LogP contribution in [0.5, 0.6) is 0 Å². The molecule has 96 valence electrons. The van der Waals surface area contributed by atoms with Gasteiger partial charge in [-0.25, -0.2) is 4.79 Å². The third kappa shape index (κ3) is 4.05. The first-order valence-electron chi connectivity index (χ1n) is 5.47. The summed E-state index contributed by atoms with van der Waals surface area (Å²) in [6.45, 7) is 6.77. The fraction of sp³-hybridized carbons (Fsp3) is 0.727. The van der Waals surface area contributed by atoms with Gasteiger partial charge in [-0.05, 0) is 20.8 Å². The van der Waals surface area contributed by atoms with Crippen molar-refractivity contribution in [2.24, 2.45) is 0 Å². The Morgan fingerprint density at radius 1 is 1.41 bits per heavy atom. The zero-order chi connectivity index (χ0) is 13.2. The number of carbonyl (C=O) groups excluding carboxylic acids is 3. The van der Waals surface area contributed by atoms with Crippen molar-refractivity contribution in [2.75, 3.05) is 13.1 Å². The fourth-order valence-corrected chi connectivity index (χ4v) is 1.52. The number of ketones is 1. The molecule has 6 heteroatoms. The number of hydrogen-bond donors (Lipinski definition) is 1. The summed E-state index contributed by atoms with van der Waals surface area (Å²) in [5.74, 6) is -0.458. The summed E-state index contributed by atoms with van der Waals surface area (Å²) in [7, 11) is 0. The van der Waals surface area contributed by atoms with Crippen molar-refractivity contribution in [1.82, 2.24) is 10.2 Å². The van der Waals surface area contributed by atoms with Gasteiger partial charge in [0.25, 0.3) is 0 Å². The molecule has 17 heavy (non-hydrogen) atoms. The monoisotopic (exact) mass is 242 g/mol. The highest BCUT2D eigenvalue weighted by atomic mass is 16.6. The third-order valence-corrected chi connectivity index (χ3v) is 2.17. The zero-order valence-electron chi connectivity index (χ0n) is 10.6. The van der Waals surface area contributed by atoms with E-state index in [1.807, 2.05) is 0 Å². The number of ether oxygens (including phenoxy) is 1. The highest BCUT2D eigenvalue weighted by molar-refractivity contribution is 5.94. The number of likely N-dealkylation sites (tertiary alicyclic amines) is 1. The van der Waals surface area contributed by atoms with E-state index in [-0.39, 0.29) is 24.8 Å². The van der Waals surface area contributed by atoms with E-state index in [1.165, 1.54) is 11.8 Å². The third-order valence-electron chi connectivity index (χ3n) is 2.17. The molecule has 1 aliphatic heterocycles. The highest BCUT2D eigenvalue weighted by Gasteiger charge is 2.36. The second-order valence-electron chi connectivity index (χ2n) is 5.08. The average Bonchev–Trinajstić information content (AvgIpc) is 2.44. The van der Waals surface area contributed by atoms with Crippen molar-refractivity contribution in [2.45, 2.75) is 39.3 Å². The Balaban J connectivity index is 2.57. The SMILES string of the molecule is CC(=O)N[C@H]1CN(C(=O)OC(C)(C)C)CC1=O. The van der Waals surface area contributed by atoms with Crippen molar-refractivity contribution >= 4 is 17.8 Å². The molecule has 0 unspecified atom stereocenters. The number of amides is 2. The quantitative estimate of drug-likeness (QED) is 0.718. The van der Waals surface area contributed by atoms with E-state index in [4.69, 9.17) is 4.74 Å². The van der Waals surface area contributed by atoms with E-state index in [0.29, 0.717) is 0 Å². The fourth-order valence-electron chi connectivity index (χ4n) is 1.52. The lowest BCUT2D eigenvalue weighted by atomic mass is 10.2. The standard InChI is InChI=1S/C11H18N2O4/c1-7(14)12-8-5-13(6-9(8)15)10(16)17-11(2,3)4/h8H,5-6H2,1-4H3,(H,12,14)/t8-/m0/s1. The summed E-state index contributed by atoms with van der Waals surface area (Å²) >= 11 is 0. The van der Waals surface area contributed by atoms with E-state index in [0.717, 1.165) is 0 Å². The Bertz CT molecular complexity index is 346. The minimum absolute atomic E-state index is 0.0140.